The van der Waals surface area contributed by atoms with Crippen molar-refractivity contribution in [1.29, 1.82) is 0 Å². The van der Waals surface area contributed by atoms with E-state index in [0.29, 0.717) is 25.3 Å². The van der Waals surface area contributed by atoms with Gasteiger partial charge in [0.2, 0.25) is 0 Å². The molecule has 21 heavy (non-hydrogen) atoms. The van der Waals surface area contributed by atoms with E-state index in [9.17, 15) is 4.79 Å². The van der Waals surface area contributed by atoms with E-state index >= 15 is 0 Å². The molecule has 2 atom stereocenters. The van der Waals surface area contributed by atoms with Crippen molar-refractivity contribution in [2.45, 2.75) is 19.1 Å². The lowest BCUT2D eigenvalue weighted by Gasteiger charge is -2.37. The van der Waals surface area contributed by atoms with Crippen molar-refractivity contribution in [3.05, 3.63) is 36.2 Å². The molecule has 1 fully saturated rings. The van der Waals surface area contributed by atoms with Gasteiger partial charge in [0.05, 0.1) is 29.8 Å². The summed E-state index contributed by atoms with van der Waals surface area (Å²) in [5.74, 6) is -0.0168. The number of rotatable bonds is 2. The van der Waals surface area contributed by atoms with Crippen LogP contribution in [-0.4, -0.2) is 52.6 Å². The van der Waals surface area contributed by atoms with E-state index < -0.39 is 0 Å². The van der Waals surface area contributed by atoms with Crippen molar-refractivity contribution >= 4 is 16.9 Å². The highest BCUT2D eigenvalue weighted by Gasteiger charge is 2.29. The molecule has 0 radical (unpaired) electrons. The topological polar surface area (TPSA) is 81.3 Å². The zero-order chi connectivity index (χ0) is 14.8. The van der Waals surface area contributed by atoms with Crippen LogP contribution in [0.15, 0.2) is 30.6 Å². The second-order valence-electron chi connectivity index (χ2n) is 5.26. The number of morpholine rings is 1. The van der Waals surface area contributed by atoms with E-state index in [0.717, 1.165) is 11.0 Å². The fourth-order valence-corrected chi connectivity index (χ4v) is 2.51. The van der Waals surface area contributed by atoms with Gasteiger partial charge < -0.3 is 15.4 Å². The van der Waals surface area contributed by atoms with E-state index in [4.69, 9.17) is 10.5 Å². The molecule has 0 saturated carbocycles. The molecule has 0 bridgehead atoms. The standard InChI is InChI=1S/C15H18N4O2/c1-10-9-21-12(7-16)8-19(10)15(20)11-2-3-13-14(6-11)18-5-4-17-13/h2-6,10,12H,7-9,16H2,1H3. The van der Waals surface area contributed by atoms with Crippen molar-refractivity contribution < 1.29 is 9.53 Å². The zero-order valence-corrected chi connectivity index (χ0v) is 11.9. The summed E-state index contributed by atoms with van der Waals surface area (Å²) in [4.78, 5) is 23.0. The van der Waals surface area contributed by atoms with Crippen LogP contribution < -0.4 is 5.73 Å². The van der Waals surface area contributed by atoms with Crippen LogP contribution in [0.3, 0.4) is 0 Å². The van der Waals surface area contributed by atoms with Gasteiger partial charge in [-0.15, -0.1) is 0 Å². The van der Waals surface area contributed by atoms with Crippen LogP contribution in [0, 0.1) is 0 Å². The average molecular weight is 286 g/mol. The maximum absolute atomic E-state index is 12.7. The molecule has 1 saturated heterocycles. The monoisotopic (exact) mass is 286 g/mol. The third kappa shape index (κ3) is 2.72. The molecule has 0 spiro atoms. The maximum Gasteiger partial charge on any atom is 0.254 e. The number of hydrogen-bond acceptors (Lipinski definition) is 5. The lowest BCUT2D eigenvalue weighted by molar-refractivity contribution is -0.0426. The Hall–Kier alpha value is -2.05. The lowest BCUT2D eigenvalue weighted by Crippen LogP contribution is -2.52. The number of nitrogens with zero attached hydrogens (tertiary/aromatic N) is 3. The number of ether oxygens (including phenoxy) is 1. The molecule has 2 heterocycles. The van der Waals surface area contributed by atoms with E-state index in [1.807, 2.05) is 17.9 Å². The van der Waals surface area contributed by atoms with Gasteiger partial charge in [-0.2, -0.15) is 0 Å². The highest BCUT2D eigenvalue weighted by molar-refractivity contribution is 5.97. The number of nitrogens with two attached hydrogens (primary N) is 1. The summed E-state index contributed by atoms with van der Waals surface area (Å²) < 4.78 is 5.58. The number of aromatic nitrogens is 2. The van der Waals surface area contributed by atoms with Crippen LogP contribution in [-0.2, 0) is 4.74 Å². The summed E-state index contributed by atoms with van der Waals surface area (Å²) >= 11 is 0. The van der Waals surface area contributed by atoms with Gasteiger partial charge in [0.15, 0.2) is 0 Å². The molecule has 1 aromatic carbocycles. The van der Waals surface area contributed by atoms with Gasteiger partial charge in [0, 0.05) is 31.0 Å². The smallest absolute Gasteiger partial charge is 0.254 e. The van der Waals surface area contributed by atoms with E-state index in [-0.39, 0.29) is 18.1 Å². The summed E-state index contributed by atoms with van der Waals surface area (Å²) in [5.41, 5.74) is 7.76. The van der Waals surface area contributed by atoms with E-state index in [1.54, 1.807) is 24.5 Å². The quantitative estimate of drug-likeness (QED) is 0.884. The predicted octanol–water partition coefficient (Wildman–Crippen LogP) is 0.818. The first kappa shape index (κ1) is 13.9. The number of carbonyl (C=O) groups excluding carboxylic acids is 1. The molecule has 2 aromatic rings. The van der Waals surface area contributed by atoms with Crippen molar-refractivity contribution in [3.63, 3.8) is 0 Å². The van der Waals surface area contributed by atoms with Gasteiger partial charge in [0.1, 0.15) is 0 Å². The van der Waals surface area contributed by atoms with E-state index in [2.05, 4.69) is 9.97 Å². The Balaban J connectivity index is 1.88. The third-order valence-electron chi connectivity index (χ3n) is 3.75. The second-order valence-corrected chi connectivity index (χ2v) is 5.26. The zero-order valence-electron chi connectivity index (χ0n) is 11.9. The fraction of sp³-hybridized carbons (Fsp3) is 0.400. The second kappa shape index (κ2) is 5.75. The number of carbonyl (C=O) groups is 1. The highest BCUT2D eigenvalue weighted by atomic mass is 16.5. The van der Waals surface area contributed by atoms with Crippen LogP contribution in [0.25, 0.3) is 11.0 Å². The number of amides is 1. The van der Waals surface area contributed by atoms with Gasteiger partial charge >= 0.3 is 0 Å². The first-order valence-electron chi connectivity index (χ1n) is 7.02. The minimum Gasteiger partial charge on any atom is -0.373 e. The van der Waals surface area contributed by atoms with Crippen LogP contribution >= 0.6 is 0 Å². The molecule has 1 aromatic heterocycles. The van der Waals surface area contributed by atoms with Crippen molar-refractivity contribution in [1.82, 2.24) is 14.9 Å². The highest BCUT2D eigenvalue weighted by Crippen LogP contribution is 2.17. The molecule has 2 unspecified atom stereocenters. The Morgan fingerprint density at radius 3 is 2.90 bits per heavy atom. The molecule has 1 aliphatic rings. The largest absolute Gasteiger partial charge is 0.373 e. The minimum atomic E-state index is -0.0922. The maximum atomic E-state index is 12.7. The normalized spacial score (nSPS) is 22.5. The Bertz CT molecular complexity index is 661. The number of hydrogen-bond donors (Lipinski definition) is 1. The first-order chi connectivity index (χ1) is 10.2. The van der Waals surface area contributed by atoms with Gasteiger partial charge in [-0.1, -0.05) is 0 Å². The third-order valence-corrected chi connectivity index (χ3v) is 3.75. The summed E-state index contributed by atoms with van der Waals surface area (Å²) in [6.07, 6.45) is 3.17. The van der Waals surface area contributed by atoms with Gasteiger partial charge in [-0.3, -0.25) is 14.8 Å². The van der Waals surface area contributed by atoms with Crippen LogP contribution in [0.2, 0.25) is 0 Å². The molecule has 2 N–H and O–H groups in total. The molecule has 110 valence electrons. The fourth-order valence-electron chi connectivity index (χ4n) is 2.51. The Morgan fingerprint density at radius 2 is 2.14 bits per heavy atom. The lowest BCUT2D eigenvalue weighted by atomic mass is 10.1. The number of benzene rings is 1. The molecule has 6 heteroatoms. The Morgan fingerprint density at radius 1 is 1.38 bits per heavy atom. The molecule has 0 aliphatic carbocycles. The molecular weight excluding hydrogens is 268 g/mol. The first-order valence-corrected chi connectivity index (χ1v) is 7.02. The molecule has 1 amide bonds. The summed E-state index contributed by atoms with van der Waals surface area (Å²) in [6, 6.07) is 5.43. The van der Waals surface area contributed by atoms with Crippen molar-refractivity contribution in [3.8, 4) is 0 Å². The summed E-state index contributed by atoms with van der Waals surface area (Å²) in [7, 11) is 0. The molecular formula is C15H18N4O2. The van der Waals surface area contributed by atoms with Crippen LogP contribution in [0.5, 0.6) is 0 Å². The number of fused-ring (bicyclic) bond motifs is 1. The van der Waals surface area contributed by atoms with Crippen molar-refractivity contribution in [2.24, 2.45) is 5.73 Å². The Kier molecular flexibility index (Phi) is 3.81. The van der Waals surface area contributed by atoms with Gasteiger partial charge in [-0.25, -0.2) is 0 Å². The molecule has 3 rings (SSSR count). The summed E-state index contributed by atoms with van der Waals surface area (Å²) in [5, 5.41) is 0. The molecule has 1 aliphatic heterocycles. The van der Waals surface area contributed by atoms with Gasteiger partial charge in [0.25, 0.3) is 5.91 Å². The Labute approximate surface area is 122 Å². The molecule has 6 nitrogen and oxygen atoms in total. The van der Waals surface area contributed by atoms with Crippen molar-refractivity contribution in [2.75, 3.05) is 19.7 Å². The predicted molar refractivity (Wildman–Crippen MR) is 78.8 cm³/mol. The SMILES string of the molecule is CC1COC(CN)CN1C(=O)c1ccc2nccnc2c1. The van der Waals surface area contributed by atoms with Crippen LogP contribution in [0.1, 0.15) is 17.3 Å². The van der Waals surface area contributed by atoms with E-state index in [1.165, 1.54) is 0 Å². The minimum absolute atomic E-state index is 0.0168. The van der Waals surface area contributed by atoms with Crippen LogP contribution in [0.4, 0.5) is 0 Å². The van der Waals surface area contributed by atoms with Gasteiger partial charge in [-0.05, 0) is 25.1 Å². The average Bonchev–Trinajstić information content (AvgIpc) is 2.54. The summed E-state index contributed by atoms with van der Waals surface area (Å²) in [6.45, 7) is 3.43.